The van der Waals surface area contributed by atoms with Crippen LogP contribution in [0.5, 0.6) is 0 Å². The average Bonchev–Trinajstić information content (AvgIpc) is 3.16. The monoisotopic (exact) mass is 290 g/mol. The van der Waals surface area contributed by atoms with Crippen LogP contribution in [0.15, 0.2) is 24.3 Å². The molecule has 3 heteroatoms. The van der Waals surface area contributed by atoms with E-state index in [0.717, 1.165) is 6.04 Å². The molecule has 21 heavy (non-hydrogen) atoms. The van der Waals surface area contributed by atoms with Crippen LogP contribution in [0.3, 0.4) is 0 Å². The second-order valence-electron chi connectivity index (χ2n) is 7.73. The molecule has 0 bridgehead atoms. The van der Waals surface area contributed by atoms with Gasteiger partial charge in [0.05, 0.1) is 0 Å². The van der Waals surface area contributed by atoms with Crippen molar-refractivity contribution in [2.75, 3.05) is 13.1 Å². The summed E-state index contributed by atoms with van der Waals surface area (Å²) in [5.41, 5.74) is 1.30. The van der Waals surface area contributed by atoms with E-state index in [0.29, 0.717) is 6.04 Å². The molecule has 1 heterocycles. The van der Waals surface area contributed by atoms with Crippen molar-refractivity contribution in [2.24, 2.45) is 5.41 Å². The van der Waals surface area contributed by atoms with Gasteiger partial charge in [-0.05, 0) is 42.4 Å². The Balaban J connectivity index is 1.69. The highest BCUT2D eigenvalue weighted by atomic mass is 19.1. The van der Waals surface area contributed by atoms with Gasteiger partial charge >= 0.3 is 0 Å². The Morgan fingerprint density at radius 3 is 2.38 bits per heavy atom. The molecule has 3 rings (SSSR count). The number of likely N-dealkylation sites (tertiary alicyclic amines) is 1. The molecule has 2 fully saturated rings. The minimum absolute atomic E-state index is 0.116. The topological polar surface area (TPSA) is 15.3 Å². The van der Waals surface area contributed by atoms with E-state index in [1.807, 2.05) is 12.1 Å². The van der Waals surface area contributed by atoms with E-state index in [1.165, 1.54) is 37.9 Å². The van der Waals surface area contributed by atoms with E-state index in [4.69, 9.17) is 0 Å². The molecule has 1 saturated heterocycles. The molecule has 2 unspecified atom stereocenters. The first-order valence-electron chi connectivity index (χ1n) is 8.19. The van der Waals surface area contributed by atoms with Gasteiger partial charge in [-0.15, -0.1) is 0 Å². The SMILES string of the molecule is CC(C)(C)C(NC1CCN(C2CC2)C1)c1ccc(F)cc1. The van der Waals surface area contributed by atoms with Crippen molar-refractivity contribution in [2.45, 2.75) is 58.2 Å². The average molecular weight is 290 g/mol. The summed E-state index contributed by atoms with van der Waals surface area (Å²) in [5.74, 6) is -0.160. The lowest BCUT2D eigenvalue weighted by Gasteiger charge is -2.34. The van der Waals surface area contributed by atoms with Crippen molar-refractivity contribution in [1.82, 2.24) is 10.2 Å². The molecule has 1 aromatic carbocycles. The zero-order valence-corrected chi connectivity index (χ0v) is 13.4. The first kappa shape index (κ1) is 15.0. The zero-order chi connectivity index (χ0) is 15.0. The minimum Gasteiger partial charge on any atom is -0.305 e. The first-order valence-corrected chi connectivity index (χ1v) is 8.19. The largest absolute Gasteiger partial charge is 0.305 e. The second kappa shape index (κ2) is 5.69. The molecule has 0 radical (unpaired) electrons. The van der Waals surface area contributed by atoms with Crippen LogP contribution in [-0.2, 0) is 0 Å². The summed E-state index contributed by atoms with van der Waals surface area (Å²) in [6.07, 6.45) is 3.99. The number of hydrogen-bond donors (Lipinski definition) is 1. The number of halogens is 1. The van der Waals surface area contributed by atoms with Gasteiger partial charge in [-0.1, -0.05) is 32.9 Å². The van der Waals surface area contributed by atoms with E-state index < -0.39 is 0 Å². The fraction of sp³-hybridized carbons (Fsp3) is 0.667. The van der Waals surface area contributed by atoms with Gasteiger partial charge in [-0.3, -0.25) is 4.90 Å². The van der Waals surface area contributed by atoms with Gasteiger partial charge < -0.3 is 5.32 Å². The van der Waals surface area contributed by atoms with Gasteiger partial charge in [-0.25, -0.2) is 4.39 Å². The fourth-order valence-corrected chi connectivity index (χ4v) is 3.43. The summed E-state index contributed by atoms with van der Waals surface area (Å²) in [7, 11) is 0. The van der Waals surface area contributed by atoms with E-state index in [2.05, 4.69) is 31.0 Å². The highest BCUT2D eigenvalue weighted by molar-refractivity contribution is 5.22. The summed E-state index contributed by atoms with van der Waals surface area (Å²) in [4.78, 5) is 2.63. The Morgan fingerprint density at radius 2 is 1.81 bits per heavy atom. The van der Waals surface area contributed by atoms with Crippen molar-refractivity contribution < 1.29 is 4.39 Å². The maximum absolute atomic E-state index is 13.2. The Hall–Kier alpha value is -0.930. The highest BCUT2D eigenvalue weighted by Crippen LogP contribution is 2.35. The molecule has 0 spiro atoms. The lowest BCUT2D eigenvalue weighted by molar-refractivity contribution is 0.242. The summed E-state index contributed by atoms with van der Waals surface area (Å²) in [6.45, 7) is 9.14. The normalized spacial score (nSPS) is 25.2. The Labute approximate surface area is 127 Å². The van der Waals surface area contributed by atoms with Gasteiger partial charge in [0.2, 0.25) is 0 Å². The number of hydrogen-bond acceptors (Lipinski definition) is 2. The molecular formula is C18H27FN2. The molecule has 0 aromatic heterocycles. The Morgan fingerprint density at radius 1 is 1.14 bits per heavy atom. The summed E-state index contributed by atoms with van der Waals surface area (Å²) in [5, 5.41) is 3.84. The van der Waals surface area contributed by atoms with Crippen LogP contribution < -0.4 is 5.32 Å². The van der Waals surface area contributed by atoms with Crippen LogP contribution in [0.1, 0.15) is 51.6 Å². The van der Waals surface area contributed by atoms with Gasteiger partial charge in [0.25, 0.3) is 0 Å². The van der Waals surface area contributed by atoms with Gasteiger partial charge in [0.15, 0.2) is 0 Å². The van der Waals surface area contributed by atoms with Crippen molar-refractivity contribution in [3.63, 3.8) is 0 Å². The predicted molar refractivity (Wildman–Crippen MR) is 84.7 cm³/mol. The molecule has 116 valence electrons. The smallest absolute Gasteiger partial charge is 0.123 e. The molecular weight excluding hydrogens is 263 g/mol. The zero-order valence-electron chi connectivity index (χ0n) is 13.4. The van der Waals surface area contributed by atoms with E-state index in [1.54, 1.807) is 12.1 Å². The molecule has 1 aromatic rings. The molecule has 1 N–H and O–H groups in total. The molecule has 1 aliphatic carbocycles. The minimum atomic E-state index is -0.160. The third kappa shape index (κ3) is 3.64. The number of nitrogens with zero attached hydrogens (tertiary/aromatic N) is 1. The van der Waals surface area contributed by atoms with Crippen molar-refractivity contribution in [3.8, 4) is 0 Å². The molecule has 2 atom stereocenters. The standard InChI is InChI=1S/C18H27FN2/c1-18(2,3)17(13-4-6-14(19)7-5-13)20-15-10-11-21(12-15)16-8-9-16/h4-7,15-17,20H,8-12H2,1-3H3. The summed E-state index contributed by atoms with van der Waals surface area (Å²) in [6, 6.07) is 8.66. The summed E-state index contributed by atoms with van der Waals surface area (Å²) < 4.78 is 13.2. The number of rotatable bonds is 4. The Bertz CT molecular complexity index is 473. The summed E-state index contributed by atoms with van der Waals surface area (Å²) >= 11 is 0. The second-order valence-corrected chi connectivity index (χ2v) is 7.73. The van der Waals surface area contributed by atoms with Crippen molar-refractivity contribution in [3.05, 3.63) is 35.6 Å². The van der Waals surface area contributed by atoms with Gasteiger partial charge in [0.1, 0.15) is 5.82 Å². The first-order chi connectivity index (χ1) is 9.93. The number of nitrogens with one attached hydrogen (secondary N) is 1. The van der Waals surface area contributed by atoms with Crippen LogP contribution in [0.25, 0.3) is 0 Å². The van der Waals surface area contributed by atoms with Crippen molar-refractivity contribution in [1.29, 1.82) is 0 Å². The van der Waals surface area contributed by atoms with Crippen LogP contribution in [-0.4, -0.2) is 30.1 Å². The Kier molecular flexibility index (Phi) is 4.06. The maximum atomic E-state index is 13.2. The third-order valence-electron chi connectivity index (χ3n) is 4.75. The molecule has 2 nitrogen and oxygen atoms in total. The lowest BCUT2D eigenvalue weighted by atomic mass is 9.82. The molecule has 0 amide bonds. The molecule has 1 saturated carbocycles. The van der Waals surface area contributed by atoms with Gasteiger partial charge in [0, 0.05) is 31.2 Å². The maximum Gasteiger partial charge on any atom is 0.123 e. The highest BCUT2D eigenvalue weighted by Gasteiger charge is 2.36. The van der Waals surface area contributed by atoms with Crippen LogP contribution in [0.4, 0.5) is 4.39 Å². The lowest BCUT2D eigenvalue weighted by Crippen LogP contribution is -2.41. The van der Waals surface area contributed by atoms with E-state index >= 15 is 0 Å². The molecule has 2 aliphatic rings. The quantitative estimate of drug-likeness (QED) is 0.909. The van der Waals surface area contributed by atoms with E-state index in [9.17, 15) is 4.39 Å². The fourth-order valence-electron chi connectivity index (χ4n) is 3.43. The van der Waals surface area contributed by atoms with Crippen molar-refractivity contribution >= 4 is 0 Å². The number of benzene rings is 1. The van der Waals surface area contributed by atoms with Crippen LogP contribution in [0, 0.1) is 11.2 Å². The van der Waals surface area contributed by atoms with Crippen LogP contribution >= 0.6 is 0 Å². The predicted octanol–water partition coefficient (Wildman–Crippen LogP) is 3.74. The molecule has 1 aliphatic heterocycles. The van der Waals surface area contributed by atoms with E-state index in [-0.39, 0.29) is 17.3 Å². The van der Waals surface area contributed by atoms with Gasteiger partial charge in [-0.2, -0.15) is 0 Å². The third-order valence-corrected chi connectivity index (χ3v) is 4.75. The van der Waals surface area contributed by atoms with Crippen LogP contribution in [0.2, 0.25) is 0 Å².